The van der Waals surface area contributed by atoms with Crippen molar-refractivity contribution in [1.29, 1.82) is 0 Å². The second-order valence-electron chi connectivity index (χ2n) is 4.66. The molecule has 1 unspecified atom stereocenters. The molecule has 4 nitrogen and oxygen atoms in total. The number of hydrogen-bond donors (Lipinski definition) is 1. The van der Waals surface area contributed by atoms with Crippen molar-refractivity contribution in [3.8, 4) is 0 Å². The van der Waals surface area contributed by atoms with E-state index in [2.05, 4.69) is 17.3 Å². The maximum atomic E-state index is 11.5. The number of carbonyl (C=O) groups is 1. The fraction of sp³-hybridized carbons (Fsp3) is 0.909. The predicted octanol–water partition coefficient (Wildman–Crippen LogP) is 0.478. The van der Waals surface area contributed by atoms with Crippen molar-refractivity contribution in [2.24, 2.45) is 5.92 Å². The van der Waals surface area contributed by atoms with Crippen molar-refractivity contribution in [1.82, 2.24) is 10.2 Å². The van der Waals surface area contributed by atoms with Crippen molar-refractivity contribution < 1.29 is 9.53 Å². The molecule has 0 aromatic heterocycles. The van der Waals surface area contributed by atoms with Gasteiger partial charge in [-0.15, -0.1) is 0 Å². The van der Waals surface area contributed by atoms with E-state index in [-0.39, 0.29) is 17.9 Å². The average Bonchev–Trinajstić information content (AvgIpc) is 2.59. The molecule has 0 spiro atoms. The van der Waals surface area contributed by atoms with Crippen LogP contribution in [0, 0.1) is 5.92 Å². The van der Waals surface area contributed by atoms with Crippen molar-refractivity contribution >= 4 is 5.97 Å². The Morgan fingerprint density at radius 1 is 1.53 bits per heavy atom. The molecule has 0 aromatic rings. The number of likely N-dealkylation sites (tertiary alicyclic amines) is 1. The molecule has 88 valence electrons. The van der Waals surface area contributed by atoms with Gasteiger partial charge in [-0.25, -0.2) is 0 Å². The van der Waals surface area contributed by atoms with Gasteiger partial charge >= 0.3 is 5.97 Å². The highest BCUT2D eigenvalue weighted by atomic mass is 16.5. The van der Waals surface area contributed by atoms with Gasteiger partial charge in [0.25, 0.3) is 0 Å². The van der Waals surface area contributed by atoms with E-state index in [1.165, 1.54) is 7.11 Å². The summed E-state index contributed by atoms with van der Waals surface area (Å²) in [6.45, 7) is 6.18. The number of nitrogens with zero attached hydrogens (tertiary/aromatic N) is 1. The molecule has 1 heterocycles. The Morgan fingerprint density at radius 2 is 2.20 bits per heavy atom. The summed E-state index contributed by atoms with van der Waals surface area (Å²) in [7, 11) is 3.55. The minimum atomic E-state index is -0.175. The zero-order valence-electron chi connectivity index (χ0n) is 10.1. The molecule has 1 aliphatic heterocycles. The Balaban J connectivity index is 2.48. The smallest absolute Gasteiger partial charge is 0.323 e. The maximum absolute atomic E-state index is 11.5. The van der Waals surface area contributed by atoms with Crippen LogP contribution in [0.4, 0.5) is 0 Å². The third-order valence-corrected chi connectivity index (χ3v) is 2.93. The summed E-state index contributed by atoms with van der Waals surface area (Å²) in [6.07, 6.45) is 1.11. The number of ether oxygens (including phenoxy) is 1. The fourth-order valence-corrected chi connectivity index (χ4v) is 1.98. The van der Waals surface area contributed by atoms with Crippen LogP contribution in [0.25, 0.3) is 0 Å². The Labute approximate surface area is 92.0 Å². The summed E-state index contributed by atoms with van der Waals surface area (Å²) >= 11 is 0. The second-order valence-corrected chi connectivity index (χ2v) is 4.66. The molecule has 2 atom stereocenters. The molecular formula is C11H22N2O2. The average molecular weight is 214 g/mol. The topological polar surface area (TPSA) is 41.6 Å². The first kappa shape index (κ1) is 12.5. The predicted molar refractivity (Wildman–Crippen MR) is 59.7 cm³/mol. The molecule has 15 heavy (non-hydrogen) atoms. The lowest BCUT2D eigenvalue weighted by Crippen LogP contribution is -2.47. The van der Waals surface area contributed by atoms with Crippen LogP contribution in [-0.2, 0) is 9.53 Å². The van der Waals surface area contributed by atoms with Crippen molar-refractivity contribution in [2.45, 2.75) is 32.4 Å². The third kappa shape index (κ3) is 3.47. The fourth-order valence-electron chi connectivity index (χ4n) is 1.98. The van der Waals surface area contributed by atoms with Crippen LogP contribution in [0.3, 0.4) is 0 Å². The largest absolute Gasteiger partial charge is 0.468 e. The van der Waals surface area contributed by atoms with Crippen LogP contribution in [0.5, 0.6) is 0 Å². The molecule has 1 aliphatic rings. The van der Waals surface area contributed by atoms with Gasteiger partial charge in [-0.2, -0.15) is 0 Å². The van der Waals surface area contributed by atoms with Crippen molar-refractivity contribution in [3.63, 3.8) is 0 Å². The summed E-state index contributed by atoms with van der Waals surface area (Å²) in [5.74, 6) is 0.114. The van der Waals surface area contributed by atoms with E-state index >= 15 is 0 Å². The molecule has 1 rings (SSSR count). The number of methoxy groups -OCH3 is 1. The quantitative estimate of drug-likeness (QED) is 0.691. The van der Waals surface area contributed by atoms with Crippen LogP contribution in [0.15, 0.2) is 0 Å². The number of rotatable bonds is 4. The van der Waals surface area contributed by atoms with Crippen LogP contribution >= 0.6 is 0 Å². The third-order valence-electron chi connectivity index (χ3n) is 2.93. The summed E-state index contributed by atoms with van der Waals surface area (Å²) in [4.78, 5) is 13.8. The highest BCUT2D eigenvalue weighted by molar-refractivity contribution is 5.75. The lowest BCUT2D eigenvalue weighted by molar-refractivity contribution is -0.144. The van der Waals surface area contributed by atoms with Gasteiger partial charge in [0.2, 0.25) is 0 Å². The summed E-state index contributed by atoms with van der Waals surface area (Å²) in [5.41, 5.74) is 0. The van der Waals surface area contributed by atoms with Crippen LogP contribution in [0.2, 0.25) is 0 Å². The Bertz CT molecular complexity index is 219. The molecule has 1 saturated heterocycles. The highest BCUT2D eigenvalue weighted by Gasteiger charge is 2.28. The van der Waals surface area contributed by atoms with Gasteiger partial charge in [0, 0.05) is 12.6 Å². The molecule has 0 aromatic carbocycles. The van der Waals surface area contributed by atoms with E-state index in [1.807, 2.05) is 13.8 Å². The van der Waals surface area contributed by atoms with E-state index in [0.717, 1.165) is 19.5 Å². The monoisotopic (exact) mass is 214 g/mol. The van der Waals surface area contributed by atoms with Gasteiger partial charge in [0.15, 0.2) is 0 Å². The van der Waals surface area contributed by atoms with Crippen molar-refractivity contribution in [2.75, 3.05) is 27.2 Å². The van der Waals surface area contributed by atoms with Crippen LogP contribution < -0.4 is 5.32 Å². The maximum Gasteiger partial charge on any atom is 0.323 e. The van der Waals surface area contributed by atoms with Crippen LogP contribution in [-0.4, -0.2) is 50.2 Å². The second kappa shape index (κ2) is 5.47. The van der Waals surface area contributed by atoms with Crippen molar-refractivity contribution in [3.05, 3.63) is 0 Å². The Morgan fingerprint density at radius 3 is 2.60 bits per heavy atom. The summed E-state index contributed by atoms with van der Waals surface area (Å²) < 4.78 is 4.80. The SMILES string of the molecule is COC(=O)[C@@H](NC1CCN(C)C1)C(C)C. The van der Waals surface area contributed by atoms with Gasteiger partial charge in [0.1, 0.15) is 6.04 Å². The van der Waals surface area contributed by atoms with E-state index in [9.17, 15) is 4.79 Å². The molecule has 1 fully saturated rings. The lowest BCUT2D eigenvalue weighted by Gasteiger charge is -2.23. The van der Waals surface area contributed by atoms with Gasteiger partial charge in [-0.05, 0) is 25.9 Å². The standard InChI is InChI=1S/C11H22N2O2/c1-8(2)10(11(14)15-4)12-9-5-6-13(3)7-9/h8-10,12H,5-7H2,1-4H3/t9?,10-/m0/s1. The minimum Gasteiger partial charge on any atom is -0.468 e. The van der Waals surface area contributed by atoms with Gasteiger partial charge in [-0.3, -0.25) is 4.79 Å². The van der Waals surface area contributed by atoms with E-state index in [4.69, 9.17) is 4.74 Å². The number of nitrogens with one attached hydrogen (secondary N) is 1. The Kier molecular flexibility index (Phi) is 4.54. The minimum absolute atomic E-state index is 0.153. The first-order chi connectivity index (χ1) is 7.04. The van der Waals surface area contributed by atoms with E-state index in [1.54, 1.807) is 0 Å². The molecule has 0 aliphatic carbocycles. The first-order valence-electron chi connectivity index (χ1n) is 5.57. The Hall–Kier alpha value is -0.610. The zero-order valence-corrected chi connectivity index (χ0v) is 10.1. The highest BCUT2D eigenvalue weighted by Crippen LogP contribution is 2.11. The summed E-state index contributed by atoms with van der Waals surface area (Å²) in [6, 6.07) is 0.244. The molecule has 4 heteroatoms. The normalized spacial score (nSPS) is 24.5. The van der Waals surface area contributed by atoms with E-state index < -0.39 is 0 Å². The zero-order chi connectivity index (χ0) is 11.4. The van der Waals surface area contributed by atoms with Gasteiger partial charge < -0.3 is 15.0 Å². The first-order valence-corrected chi connectivity index (χ1v) is 5.57. The summed E-state index contributed by atoms with van der Waals surface area (Å²) in [5, 5.41) is 3.38. The van der Waals surface area contributed by atoms with Gasteiger partial charge in [-0.1, -0.05) is 13.8 Å². The molecule has 0 radical (unpaired) electrons. The lowest BCUT2D eigenvalue weighted by atomic mass is 10.0. The number of esters is 1. The molecule has 0 amide bonds. The van der Waals surface area contributed by atoms with Crippen LogP contribution in [0.1, 0.15) is 20.3 Å². The number of carbonyl (C=O) groups excluding carboxylic acids is 1. The molecule has 1 N–H and O–H groups in total. The van der Waals surface area contributed by atoms with E-state index in [0.29, 0.717) is 6.04 Å². The molecule has 0 bridgehead atoms. The molecule has 0 saturated carbocycles. The number of hydrogen-bond acceptors (Lipinski definition) is 4. The van der Waals surface area contributed by atoms with Gasteiger partial charge in [0.05, 0.1) is 7.11 Å². The molecular weight excluding hydrogens is 192 g/mol. The number of likely N-dealkylation sites (N-methyl/N-ethyl adjacent to an activating group) is 1.